The molecule has 0 amide bonds. The monoisotopic (exact) mass is 213 g/mol. The van der Waals surface area contributed by atoms with Crippen LogP contribution in [0.15, 0.2) is 12.3 Å². The van der Waals surface area contributed by atoms with Gasteiger partial charge in [0.1, 0.15) is 19.0 Å². The molecule has 0 aliphatic carbocycles. The molecular weight excluding hydrogens is 202 g/mol. The summed E-state index contributed by atoms with van der Waals surface area (Å²) in [6.45, 7) is -0.207. The third kappa shape index (κ3) is 4.12. The SMILES string of the molecule is Nc1ccn(CC(=O)OCCC(=O)O)n1. The van der Waals surface area contributed by atoms with Gasteiger partial charge in [0.25, 0.3) is 0 Å². The highest BCUT2D eigenvalue weighted by atomic mass is 16.5. The molecular formula is C8H11N3O4. The predicted molar refractivity (Wildman–Crippen MR) is 49.9 cm³/mol. The lowest BCUT2D eigenvalue weighted by atomic mass is 10.5. The topological polar surface area (TPSA) is 107 Å². The van der Waals surface area contributed by atoms with Gasteiger partial charge in [0.2, 0.25) is 0 Å². The summed E-state index contributed by atoms with van der Waals surface area (Å²) >= 11 is 0. The van der Waals surface area contributed by atoms with Crippen LogP contribution < -0.4 is 5.73 Å². The molecule has 0 spiro atoms. The number of hydrogen-bond donors (Lipinski definition) is 2. The van der Waals surface area contributed by atoms with Gasteiger partial charge in [-0.1, -0.05) is 0 Å². The molecule has 0 aliphatic heterocycles. The summed E-state index contributed by atoms with van der Waals surface area (Å²) in [5.41, 5.74) is 5.33. The van der Waals surface area contributed by atoms with Crippen LogP contribution in [0.25, 0.3) is 0 Å². The zero-order valence-electron chi connectivity index (χ0n) is 7.92. The number of carboxylic acids is 1. The summed E-state index contributed by atoms with van der Waals surface area (Å²) in [5.74, 6) is -1.24. The highest BCUT2D eigenvalue weighted by Crippen LogP contribution is 1.96. The standard InChI is InChI=1S/C8H11N3O4/c9-6-1-3-11(10-6)5-8(14)15-4-2-7(12)13/h1,3H,2,4-5H2,(H2,9,10)(H,12,13). The molecule has 0 fully saturated rings. The molecule has 82 valence electrons. The van der Waals surface area contributed by atoms with Crippen molar-refractivity contribution < 1.29 is 19.4 Å². The van der Waals surface area contributed by atoms with E-state index in [9.17, 15) is 9.59 Å². The lowest BCUT2D eigenvalue weighted by Crippen LogP contribution is -2.16. The molecule has 0 aliphatic rings. The number of aromatic nitrogens is 2. The molecule has 1 heterocycles. The van der Waals surface area contributed by atoms with Gasteiger partial charge in [-0.25, -0.2) is 0 Å². The number of carbonyl (C=O) groups is 2. The Morgan fingerprint density at radius 2 is 2.33 bits per heavy atom. The average Bonchev–Trinajstić information content (AvgIpc) is 2.50. The number of carboxylic acid groups (broad SMARTS) is 1. The minimum atomic E-state index is -1.01. The van der Waals surface area contributed by atoms with Crippen molar-refractivity contribution in [3.63, 3.8) is 0 Å². The summed E-state index contributed by atoms with van der Waals surface area (Å²) in [6.07, 6.45) is 1.33. The number of rotatable bonds is 5. The molecule has 7 heteroatoms. The number of esters is 1. The summed E-state index contributed by atoms with van der Waals surface area (Å²) in [7, 11) is 0. The molecule has 3 N–H and O–H groups in total. The average molecular weight is 213 g/mol. The Morgan fingerprint density at radius 1 is 1.60 bits per heavy atom. The van der Waals surface area contributed by atoms with Crippen LogP contribution in [0, 0.1) is 0 Å². The van der Waals surface area contributed by atoms with Gasteiger partial charge < -0.3 is 15.6 Å². The first-order valence-electron chi connectivity index (χ1n) is 4.24. The second-order valence-corrected chi connectivity index (χ2v) is 2.80. The Balaban J connectivity index is 2.27. The van der Waals surface area contributed by atoms with Gasteiger partial charge in [0.15, 0.2) is 0 Å². The maximum atomic E-state index is 11.1. The highest BCUT2D eigenvalue weighted by Gasteiger charge is 2.06. The zero-order valence-corrected chi connectivity index (χ0v) is 7.92. The van der Waals surface area contributed by atoms with E-state index in [1.54, 1.807) is 6.07 Å². The predicted octanol–water partition coefficient (Wildman–Crippen LogP) is -0.517. The van der Waals surface area contributed by atoms with Gasteiger partial charge in [-0.2, -0.15) is 5.10 Å². The third-order valence-corrected chi connectivity index (χ3v) is 1.53. The molecule has 1 rings (SSSR count). The number of anilines is 1. The van der Waals surface area contributed by atoms with E-state index in [4.69, 9.17) is 10.8 Å². The Labute approximate surface area is 85.4 Å². The molecule has 1 aromatic heterocycles. The Bertz CT molecular complexity index is 361. The zero-order chi connectivity index (χ0) is 11.3. The summed E-state index contributed by atoms with van der Waals surface area (Å²) < 4.78 is 5.96. The van der Waals surface area contributed by atoms with Gasteiger partial charge in [0.05, 0.1) is 6.42 Å². The third-order valence-electron chi connectivity index (χ3n) is 1.53. The van der Waals surface area contributed by atoms with Gasteiger partial charge in [-0.15, -0.1) is 0 Å². The van der Waals surface area contributed by atoms with Crippen LogP contribution in [0.4, 0.5) is 5.82 Å². The van der Waals surface area contributed by atoms with Crippen molar-refractivity contribution in [1.82, 2.24) is 9.78 Å². The van der Waals surface area contributed by atoms with Crippen molar-refractivity contribution in [2.45, 2.75) is 13.0 Å². The second kappa shape index (κ2) is 4.99. The molecule has 15 heavy (non-hydrogen) atoms. The second-order valence-electron chi connectivity index (χ2n) is 2.80. The Hall–Kier alpha value is -2.05. The lowest BCUT2D eigenvalue weighted by molar-refractivity contribution is -0.147. The van der Waals surface area contributed by atoms with E-state index < -0.39 is 11.9 Å². The normalized spacial score (nSPS) is 9.87. The van der Waals surface area contributed by atoms with Crippen molar-refractivity contribution in [1.29, 1.82) is 0 Å². The summed E-state index contributed by atoms with van der Waals surface area (Å²) in [4.78, 5) is 21.2. The van der Waals surface area contributed by atoms with Crippen LogP contribution in [0.3, 0.4) is 0 Å². The van der Waals surface area contributed by atoms with Crippen LogP contribution in [-0.4, -0.2) is 33.4 Å². The summed E-state index contributed by atoms with van der Waals surface area (Å²) in [5, 5.41) is 12.1. The van der Waals surface area contributed by atoms with E-state index >= 15 is 0 Å². The van der Waals surface area contributed by atoms with Crippen molar-refractivity contribution >= 4 is 17.8 Å². The number of aliphatic carboxylic acids is 1. The molecule has 0 unspecified atom stereocenters. The lowest BCUT2D eigenvalue weighted by Gasteiger charge is -2.02. The van der Waals surface area contributed by atoms with Crippen LogP contribution in [0.5, 0.6) is 0 Å². The largest absolute Gasteiger partial charge is 0.481 e. The summed E-state index contributed by atoms with van der Waals surface area (Å²) in [6, 6.07) is 1.55. The highest BCUT2D eigenvalue weighted by molar-refractivity contribution is 5.70. The number of nitrogens with two attached hydrogens (primary N) is 1. The van der Waals surface area contributed by atoms with Crippen LogP contribution in [-0.2, 0) is 20.9 Å². The van der Waals surface area contributed by atoms with E-state index in [1.165, 1.54) is 10.9 Å². The maximum absolute atomic E-state index is 11.1. The van der Waals surface area contributed by atoms with E-state index in [0.29, 0.717) is 5.82 Å². The number of nitrogens with zero attached hydrogens (tertiary/aromatic N) is 2. The van der Waals surface area contributed by atoms with E-state index in [1.807, 2.05) is 0 Å². The van der Waals surface area contributed by atoms with E-state index in [2.05, 4.69) is 9.84 Å². The number of nitrogen functional groups attached to an aromatic ring is 1. The molecule has 0 saturated carbocycles. The van der Waals surface area contributed by atoms with Crippen molar-refractivity contribution in [3.05, 3.63) is 12.3 Å². The fourth-order valence-corrected chi connectivity index (χ4v) is 0.896. The van der Waals surface area contributed by atoms with Gasteiger partial charge in [-0.05, 0) is 6.07 Å². The number of hydrogen-bond acceptors (Lipinski definition) is 5. The molecule has 0 radical (unpaired) electrons. The van der Waals surface area contributed by atoms with Crippen molar-refractivity contribution in [3.8, 4) is 0 Å². The van der Waals surface area contributed by atoms with Crippen LogP contribution >= 0.6 is 0 Å². The minimum absolute atomic E-state index is 0.0726. The first-order chi connectivity index (χ1) is 7.08. The molecule has 0 aromatic carbocycles. The minimum Gasteiger partial charge on any atom is -0.481 e. The van der Waals surface area contributed by atoms with E-state index in [-0.39, 0.29) is 19.6 Å². The molecule has 7 nitrogen and oxygen atoms in total. The molecule has 0 atom stereocenters. The molecule has 0 saturated heterocycles. The quantitative estimate of drug-likeness (QED) is 0.637. The maximum Gasteiger partial charge on any atom is 0.327 e. The Kier molecular flexibility index (Phi) is 3.67. The van der Waals surface area contributed by atoms with Crippen molar-refractivity contribution in [2.24, 2.45) is 0 Å². The van der Waals surface area contributed by atoms with Gasteiger partial charge >= 0.3 is 11.9 Å². The number of ether oxygens (including phenoxy) is 1. The molecule has 1 aromatic rings. The smallest absolute Gasteiger partial charge is 0.327 e. The number of carbonyl (C=O) groups excluding carboxylic acids is 1. The fraction of sp³-hybridized carbons (Fsp3) is 0.375. The Morgan fingerprint density at radius 3 is 2.87 bits per heavy atom. The fourth-order valence-electron chi connectivity index (χ4n) is 0.896. The first-order valence-corrected chi connectivity index (χ1v) is 4.24. The van der Waals surface area contributed by atoms with Gasteiger partial charge in [0, 0.05) is 6.20 Å². The first kappa shape index (κ1) is 11.0. The van der Waals surface area contributed by atoms with Crippen LogP contribution in [0.2, 0.25) is 0 Å². The van der Waals surface area contributed by atoms with E-state index in [0.717, 1.165) is 0 Å². The van der Waals surface area contributed by atoms with Crippen molar-refractivity contribution in [2.75, 3.05) is 12.3 Å². The van der Waals surface area contributed by atoms with Gasteiger partial charge in [-0.3, -0.25) is 14.3 Å². The molecule has 0 bridgehead atoms. The van der Waals surface area contributed by atoms with Crippen LogP contribution in [0.1, 0.15) is 6.42 Å².